The van der Waals surface area contributed by atoms with Gasteiger partial charge >= 0.3 is 6.18 Å². The topological polar surface area (TPSA) is 31.9 Å². The molecule has 0 bridgehead atoms. The Kier molecular flexibility index (Phi) is 4.20. The zero-order valence-corrected chi connectivity index (χ0v) is 12.8. The van der Waals surface area contributed by atoms with Gasteiger partial charge in [0.25, 0.3) is 0 Å². The molecule has 1 N–H and O–H groups in total. The molecule has 23 heavy (non-hydrogen) atoms. The zero-order valence-electron chi connectivity index (χ0n) is 12.0. The predicted molar refractivity (Wildman–Crippen MR) is 78.6 cm³/mol. The maximum Gasteiger partial charge on any atom is 0.416 e. The number of H-pyrrole nitrogens is 1. The highest BCUT2D eigenvalue weighted by molar-refractivity contribution is 7.71. The summed E-state index contributed by atoms with van der Waals surface area (Å²) < 4.78 is 53.5. The number of benzene rings is 1. The second kappa shape index (κ2) is 6.01. The maximum absolute atomic E-state index is 13.9. The molecule has 3 rings (SSSR count). The Morgan fingerprint density at radius 1 is 1.30 bits per heavy atom. The van der Waals surface area contributed by atoms with Crippen molar-refractivity contribution >= 4 is 12.2 Å². The Morgan fingerprint density at radius 2 is 2.09 bits per heavy atom. The number of nitrogens with one attached hydrogen (secondary N) is 1. The molecule has 0 aliphatic carbocycles. The molecule has 0 unspecified atom stereocenters. The number of rotatable bonds is 2. The summed E-state index contributed by atoms with van der Waals surface area (Å²) in [6.45, 7) is 0.824. The van der Waals surface area contributed by atoms with Crippen molar-refractivity contribution in [3.63, 3.8) is 0 Å². The molecule has 2 aromatic rings. The van der Waals surface area contributed by atoms with E-state index >= 15 is 0 Å². The molecule has 0 amide bonds. The first-order chi connectivity index (χ1) is 10.8. The number of hydrogen-bond donors (Lipinski definition) is 1. The molecule has 0 fully saturated rings. The first-order valence-electron chi connectivity index (χ1n) is 6.98. The third-order valence-corrected chi connectivity index (χ3v) is 4.07. The molecule has 2 heterocycles. The largest absolute Gasteiger partial charge is 0.416 e. The van der Waals surface area contributed by atoms with Gasteiger partial charge in [0.2, 0.25) is 0 Å². The van der Waals surface area contributed by atoms with Crippen LogP contribution >= 0.6 is 12.2 Å². The van der Waals surface area contributed by atoms with Crippen LogP contribution in [0, 0.1) is 10.6 Å². The molecule has 0 saturated carbocycles. The molecule has 1 aliphatic rings. The Labute approximate surface area is 135 Å². The summed E-state index contributed by atoms with van der Waals surface area (Å²) in [5, 5.41) is 0. The van der Waals surface area contributed by atoms with Crippen LogP contribution in [0.1, 0.15) is 22.4 Å². The summed E-state index contributed by atoms with van der Waals surface area (Å²) in [6, 6.07) is 3.05. The summed E-state index contributed by atoms with van der Waals surface area (Å²) in [6.07, 6.45) is -2.35. The smallest absolute Gasteiger partial charge is 0.334 e. The lowest BCUT2D eigenvalue weighted by Gasteiger charge is -2.29. The van der Waals surface area contributed by atoms with Gasteiger partial charge in [-0.3, -0.25) is 4.90 Å². The normalized spacial score (nSPS) is 15.5. The van der Waals surface area contributed by atoms with Gasteiger partial charge in [-0.15, -0.1) is 0 Å². The van der Waals surface area contributed by atoms with Crippen molar-refractivity contribution in [2.24, 2.45) is 0 Å². The highest BCUT2D eigenvalue weighted by Crippen LogP contribution is 2.34. The molecule has 1 aromatic heterocycles. The Bertz CT molecular complexity index is 785. The zero-order chi connectivity index (χ0) is 16.6. The predicted octanol–water partition coefficient (Wildman–Crippen LogP) is 3.86. The lowest BCUT2D eigenvalue weighted by Crippen LogP contribution is -2.32. The van der Waals surface area contributed by atoms with E-state index in [1.165, 1.54) is 0 Å². The van der Waals surface area contributed by atoms with E-state index < -0.39 is 17.6 Å². The van der Waals surface area contributed by atoms with E-state index in [0.29, 0.717) is 24.3 Å². The highest BCUT2D eigenvalue weighted by atomic mass is 32.1. The van der Waals surface area contributed by atoms with E-state index in [1.54, 1.807) is 11.1 Å². The quantitative estimate of drug-likeness (QED) is 0.664. The third kappa shape index (κ3) is 3.42. The van der Waals surface area contributed by atoms with Crippen LogP contribution in [0.3, 0.4) is 0 Å². The van der Waals surface area contributed by atoms with E-state index in [0.717, 1.165) is 29.5 Å². The SMILES string of the molecule is Fc1cccc(C(F)(F)F)c1CN1CCc2[nH]c(=S)ncc2C1. The van der Waals surface area contributed by atoms with Crippen molar-refractivity contribution in [2.75, 3.05) is 6.54 Å². The van der Waals surface area contributed by atoms with Gasteiger partial charge < -0.3 is 4.98 Å². The van der Waals surface area contributed by atoms with E-state index in [1.807, 2.05) is 0 Å². The van der Waals surface area contributed by atoms with Crippen molar-refractivity contribution < 1.29 is 17.6 Å². The number of alkyl halides is 3. The van der Waals surface area contributed by atoms with Gasteiger partial charge in [-0.1, -0.05) is 6.07 Å². The third-order valence-electron chi connectivity index (χ3n) is 3.86. The minimum Gasteiger partial charge on any atom is -0.334 e. The van der Waals surface area contributed by atoms with Crippen LogP contribution in [0.5, 0.6) is 0 Å². The van der Waals surface area contributed by atoms with Crippen LogP contribution in [0.25, 0.3) is 0 Å². The van der Waals surface area contributed by atoms with Crippen molar-refractivity contribution in [2.45, 2.75) is 25.7 Å². The van der Waals surface area contributed by atoms with E-state index in [9.17, 15) is 17.6 Å². The van der Waals surface area contributed by atoms with Gasteiger partial charge in [-0.2, -0.15) is 13.2 Å². The lowest BCUT2D eigenvalue weighted by atomic mass is 10.0. The number of aromatic nitrogens is 2. The monoisotopic (exact) mass is 343 g/mol. The van der Waals surface area contributed by atoms with E-state index in [4.69, 9.17) is 12.2 Å². The van der Waals surface area contributed by atoms with Gasteiger partial charge in [-0.25, -0.2) is 9.37 Å². The van der Waals surface area contributed by atoms with Gasteiger partial charge in [0.15, 0.2) is 4.77 Å². The van der Waals surface area contributed by atoms with Crippen LogP contribution in [0.2, 0.25) is 0 Å². The van der Waals surface area contributed by atoms with Gasteiger partial charge in [0.05, 0.1) is 5.56 Å². The molecule has 8 heteroatoms. The van der Waals surface area contributed by atoms with Crippen molar-refractivity contribution in [3.8, 4) is 0 Å². The van der Waals surface area contributed by atoms with E-state index in [2.05, 4.69) is 9.97 Å². The Balaban J connectivity index is 1.87. The van der Waals surface area contributed by atoms with Gasteiger partial charge in [0.1, 0.15) is 5.82 Å². The standard InChI is InChI=1S/C15H13F4N3S/c16-12-3-1-2-11(15(17,18)19)10(12)8-22-5-4-13-9(7-22)6-20-14(23)21-13/h1-3,6H,4-5,7-8H2,(H,20,21,23). The second-order valence-electron chi connectivity index (χ2n) is 5.42. The first kappa shape index (κ1) is 16.1. The molecule has 1 aromatic carbocycles. The average molecular weight is 343 g/mol. The van der Waals surface area contributed by atoms with Crippen molar-refractivity contribution in [3.05, 3.63) is 57.4 Å². The molecule has 0 saturated heterocycles. The number of fused-ring (bicyclic) bond motifs is 1. The average Bonchev–Trinajstić information content (AvgIpc) is 2.48. The Morgan fingerprint density at radius 3 is 2.83 bits per heavy atom. The second-order valence-corrected chi connectivity index (χ2v) is 5.80. The van der Waals surface area contributed by atoms with Crippen molar-refractivity contribution in [1.82, 2.24) is 14.9 Å². The number of aromatic amines is 1. The fraction of sp³-hybridized carbons (Fsp3) is 0.333. The highest BCUT2D eigenvalue weighted by Gasteiger charge is 2.35. The number of halogens is 4. The first-order valence-corrected chi connectivity index (χ1v) is 7.39. The Hall–Kier alpha value is -1.80. The van der Waals surface area contributed by atoms with E-state index in [-0.39, 0.29) is 12.1 Å². The molecular weight excluding hydrogens is 330 g/mol. The van der Waals surface area contributed by atoms with Crippen LogP contribution in [-0.4, -0.2) is 21.4 Å². The van der Waals surface area contributed by atoms with Crippen LogP contribution in [0.15, 0.2) is 24.4 Å². The molecule has 0 atom stereocenters. The molecule has 3 nitrogen and oxygen atoms in total. The fourth-order valence-electron chi connectivity index (χ4n) is 2.75. The van der Waals surface area contributed by atoms with Gasteiger partial charge in [-0.05, 0) is 24.4 Å². The summed E-state index contributed by atoms with van der Waals surface area (Å²) in [4.78, 5) is 8.74. The fourth-order valence-corrected chi connectivity index (χ4v) is 2.92. The number of nitrogens with zero attached hydrogens (tertiary/aromatic N) is 2. The van der Waals surface area contributed by atoms with Crippen LogP contribution in [-0.2, 0) is 25.7 Å². The molecule has 1 aliphatic heterocycles. The summed E-state index contributed by atoms with van der Waals surface area (Å²) in [5.41, 5.74) is 0.565. The molecule has 0 spiro atoms. The maximum atomic E-state index is 13.9. The van der Waals surface area contributed by atoms with Crippen LogP contribution in [0.4, 0.5) is 17.6 Å². The van der Waals surface area contributed by atoms with Gasteiger partial charge in [0, 0.05) is 49.1 Å². The lowest BCUT2D eigenvalue weighted by molar-refractivity contribution is -0.138. The minimum atomic E-state index is -4.57. The molecule has 122 valence electrons. The molecular formula is C15H13F4N3S. The summed E-state index contributed by atoms with van der Waals surface area (Å²) in [7, 11) is 0. The summed E-state index contributed by atoms with van der Waals surface area (Å²) >= 11 is 4.95. The number of hydrogen-bond acceptors (Lipinski definition) is 3. The van der Waals surface area contributed by atoms with Crippen LogP contribution < -0.4 is 0 Å². The van der Waals surface area contributed by atoms with Crippen molar-refractivity contribution in [1.29, 1.82) is 0 Å². The molecule has 0 radical (unpaired) electrons. The summed E-state index contributed by atoms with van der Waals surface area (Å²) in [5.74, 6) is -0.837. The minimum absolute atomic E-state index is 0.101.